The van der Waals surface area contributed by atoms with Crippen LogP contribution in [0.4, 0.5) is 5.69 Å². The summed E-state index contributed by atoms with van der Waals surface area (Å²) in [5.74, 6) is -1.38. The molecule has 0 spiro atoms. The zero-order chi connectivity index (χ0) is 23.4. The van der Waals surface area contributed by atoms with Crippen LogP contribution in [0, 0.1) is 0 Å². The number of amides is 2. The second-order valence-electron chi connectivity index (χ2n) is 6.83. The molecule has 0 aliphatic heterocycles. The van der Waals surface area contributed by atoms with E-state index in [1.165, 1.54) is 25.3 Å². The fraction of sp³-hybridized carbons (Fsp3) is 0.0909. The lowest BCUT2D eigenvalue weighted by molar-refractivity contribution is 0.0829. The Morgan fingerprint density at radius 3 is 2.45 bits per heavy atom. The molecule has 2 aromatic carbocycles. The summed E-state index contributed by atoms with van der Waals surface area (Å²) in [5.41, 5.74) is 5.76. The van der Waals surface area contributed by atoms with Crippen LogP contribution >= 0.6 is 11.3 Å². The Morgan fingerprint density at radius 2 is 1.70 bits per heavy atom. The fourth-order valence-corrected chi connectivity index (χ4v) is 5.26. The largest absolute Gasteiger partial charge is 0.450 e. The molecule has 2 amide bonds. The van der Waals surface area contributed by atoms with E-state index in [0.717, 1.165) is 16.7 Å². The topological polar surface area (TPSA) is 127 Å². The summed E-state index contributed by atoms with van der Waals surface area (Å²) >= 11 is 1.05. The van der Waals surface area contributed by atoms with Crippen LogP contribution in [-0.2, 0) is 21.4 Å². The number of para-hydroxylation sites is 2. The van der Waals surface area contributed by atoms with Gasteiger partial charge in [0.25, 0.3) is 15.9 Å². The van der Waals surface area contributed by atoms with Crippen molar-refractivity contribution in [2.75, 3.05) is 11.8 Å². The average molecular weight is 486 g/mol. The van der Waals surface area contributed by atoms with Gasteiger partial charge in [-0.1, -0.05) is 36.4 Å². The molecular formula is C22H19N3O6S2. The number of benzene rings is 2. The molecule has 0 atom stereocenters. The van der Waals surface area contributed by atoms with Gasteiger partial charge in [-0.05, 0) is 29.6 Å². The lowest BCUT2D eigenvalue weighted by Gasteiger charge is -2.12. The van der Waals surface area contributed by atoms with Crippen molar-refractivity contribution in [3.05, 3.63) is 82.9 Å². The molecule has 0 bridgehead atoms. The number of carbonyl (C=O) groups excluding carboxylic acids is 2. The molecule has 0 aliphatic rings. The van der Waals surface area contributed by atoms with Crippen molar-refractivity contribution in [2.24, 2.45) is 0 Å². The molecule has 3 N–H and O–H groups in total. The van der Waals surface area contributed by atoms with Gasteiger partial charge in [0.15, 0.2) is 5.76 Å². The van der Waals surface area contributed by atoms with Crippen LogP contribution in [0.2, 0.25) is 0 Å². The molecule has 0 unspecified atom stereocenters. The maximum Gasteiger partial charge on any atom is 0.305 e. The van der Waals surface area contributed by atoms with E-state index in [2.05, 4.69) is 15.6 Å². The third-order valence-corrected chi connectivity index (χ3v) is 7.42. The molecule has 2 heterocycles. The van der Waals surface area contributed by atoms with Gasteiger partial charge in [-0.25, -0.2) is 8.42 Å². The van der Waals surface area contributed by atoms with E-state index in [1.807, 2.05) is 6.07 Å². The highest BCUT2D eigenvalue weighted by Gasteiger charge is 2.23. The lowest BCUT2D eigenvalue weighted by Crippen LogP contribution is -2.42. The monoisotopic (exact) mass is 485 g/mol. The number of rotatable bonds is 7. The van der Waals surface area contributed by atoms with E-state index in [0.29, 0.717) is 11.1 Å². The standard InChI is InChI=1S/C22H19N3O6S2/c1-30-13-16-14-7-3-5-10-18(14)31-20(16)22(27)24-23-21(26)15-8-2-4-9-17(15)25-33(28,29)19-11-6-12-32-19/h2-12,25H,13H2,1H3,(H,23,26)(H,24,27). The van der Waals surface area contributed by atoms with Crippen molar-refractivity contribution in [1.82, 2.24) is 10.9 Å². The van der Waals surface area contributed by atoms with Crippen LogP contribution < -0.4 is 15.6 Å². The highest BCUT2D eigenvalue weighted by atomic mass is 32.2. The number of thiophene rings is 1. The number of hydrogen-bond donors (Lipinski definition) is 3. The number of hydrazine groups is 1. The first kappa shape index (κ1) is 22.5. The average Bonchev–Trinajstić information content (AvgIpc) is 3.47. The number of carbonyl (C=O) groups is 2. The Hall–Kier alpha value is -3.67. The fourth-order valence-electron chi connectivity index (χ4n) is 3.19. The number of methoxy groups -OCH3 is 1. The third-order valence-electron chi connectivity index (χ3n) is 4.66. The second-order valence-corrected chi connectivity index (χ2v) is 9.69. The van der Waals surface area contributed by atoms with Crippen molar-refractivity contribution in [2.45, 2.75) is 10.8 Å². The van der Waals surface area contributed by atoms with Crippen LogP contribution in [0.1, 0.15) is 26.5 Å². The molecule has 0 fully saturated rings. The summed E-state index contributed by atoms with van der Waals surface area (Å²) < 4.78 is 38.4. The maximum absolute atomic E-state index is 12.7. The number of nitrogens with one attached hydrogen (secondary N) is 3. The maximum atomic E-state index is 12.7. The zero-order valence-electron chi connectivity index (χ0n) is 17.3. The summed E-state index contributed by atoms with van der Waals surface area (Å²) in [7, 11) is -2.36. The summed E-state index contributed by atoms with van der Waals surface area (Å²) in [4.78, 5) is 25.5. The molecule has 2 aromatic heterocycles. The summed E-state index contributed by atoms with van der Waals surface area (Å²) in [6, 6.07) is 16.3. The summed E-state index contributed by atoms with van der Waals surface area (Å²) in [5, 5.41) is 2.36. The number of fused-ring (bicyclic) bond motifs is 1. The molecule has 0 aliphatic carbocycles. The minimum Gasteiger partial charge on any atom is -0.450 e. The predicted octanol–water partition coefficient (Wildman–Crippen LogP) is 3.52. The van der Waals surface area contributed by atoms with Crippen LogP contribution in [0.25, 0.3) is 11.0 Å². The Morgan fingerprint density at radius 1 is 0.970 bits per heavy atom. The van der Waals surface area contributed by atoms with Crippen LogP contribution in [-0.4, -0.2) is 27.3 Å². The minimum absolute atomic E-state index is 0.00466. The predicted molar refractivity (Wildman–Crippen MR) is 123 cm³/mol. The molecule has 9 nitrogen and oxygen atoms in total. The molecule has 170 valence electrons. The molecule has 0 saturated carbocycles. The number of ether oxygens (including phenoxy) is 1. The number of furan rings is 1. The highest BCUT2D eigenvalue weighted by molar-refractivity contribution is 7.94. The first-order chi connectivity index (χ1) is 15.9. The van der Waals surface area contributed by atoms with Crippen molar-refractivity contribution in [3.63, 3.8) is 0 Å². The van der Waals surface area contributed by atoms with Crippen LogP contribution in [0.3, 0.4) is 0 Å². The van der Waals surface area contributed by atoms with Gasteiger partial charge in [0.1, 0.15) is 9.79 Å². The van der Waals surface area contributed by atoms with Crippen molar-refractivity contribution >= 4 is 49.8 Å². The van der Waals surface area contributed by atoms with Crippen molar-refractivity contribution in [1.29, 1.82) is 0 Å². The first-order valence-electron chi connectivity index (χ1n) is 9.66. The quantitative estimate of drug-likeness (QED) is 0.344. The van der Waals surface area contributed by atoms with Crippen LogP contribution in [0.5, 0.6) is 0 Å². The van der Waals surface area contributed by atoms with Gasteiger partial charge in [-0.2, -0.15) is 0 Å². The molecule has 4 aromatic rings. The van der Waals surface area contributed by atoms with Gasteiger partial charge in [0.2, 0.25) is 0 Å². The Bertz CT molecular complexity index is 1410. The molecule has 0 saturated heterocycles. The van der Waals surface area contributed by atoms with Gasteiger partial charge >= 0.3 is 5.91 Å². The van der Waals surface area contributed by atoms with Gasteiger partial charge in [0.05, 0.1) is 17.9 Å². The zero-order valence-corrected chi connectivity index (χ0v) is 19.0. The van der Waals surface area contributed by atoms with E-state index in [-0.39, 0.29) is 27.8 Å². The molecular weight excluding hydrogens is 466 g/mol. The van der Waals surface area contributed by atoms with Gasteiger partial charge in [-0.15, -0.1) is 11.3 Å². The van der Waals surface area contributed by atoms with Gasteiger partial charge < -0.3 is 9.15 Å². The van der Waals surface area contributed by atoms with E-state index >= 15 is 0 Å². The smallest absolute Gasteiger partial charge is 0.305 e. The number of hydrogen-bond acceptors (Lipinski definition) is 7. The van der Waals surface area contributed by atoms with E-state index in [4.69, 9.17) is 9.15 Å². The minimum atomic E-state index is -3.85. The van der Waals surface area contributed by atoms with Gasteiger partial charge in [0, 0.05) is 18.1 Å². The lowest BCUT2D eigenvalue weighted by atomic mass is 10.1. The van der Waals surface area contributed by atoms with E-state index in [1.54, 1.807) is 41.8 Å². The molecule has 33 heavy (non-hydrogen) atoms. The Kier molecular flexibility index (Phi) is 6.45. The number of anilines is 1. The van der Waals surface area contributed by atoms with Crippen molar-refractivity contribution in [3.8, 4) is 0 Å². The van der Waals surface area contributed by atoms with Crippen molar-refractivity contribution < 1.29 is 27.2 Å². The normalized spacial score (nSPS) is 11.3. The second kappa shape index (κ2) is 9.45. The molecule has 11 heteroatoms. The summed E-state index contributed by atoms with van der Waals surface area (Å²) in [6.07, 6.45) is 0. The Labute approximate surface area is 193 Å². The van der Waals surface area contributed by atoms with Crippen LogP contribution in [0.15, 0.2) is 74.7 Å². The first-order valence-corrected chi connectivity index (χ1v) is 12.0. The summed E-state index contributed by atoms with van der Waals surface area (Å²) in [6.45, 7) is 0.140. The molecule has 0 radical (unpaired) electrons. The molecule has 4 rings (SSSR count). The SMILES string of the molecule is COCc1c(C(=O)NNC(=O)c2ccccc2NS(=O)(=O)c2cccs2)oc2ccccc12. The number of sulfonamides is 1. The highest BCUT2D eigenvalue weighted by Crippen LogP contribution is 2.26. The van der Waals surface area contributed by atoms with E-state index < -0.39 is 21.8 Å². The van der Waals surface area contributed by atoms with E-state index in [9.17, 15) is 18.0 Å². The van der Waals surface area contributed by atoms with Gasteiger partial charge in [-0.3, -0.25) is 25.2 Å². The third kappa shape index (κ3) is 4.75. The Balaban J connectivity index is 1.52.